The number of carboxylic acids is 1. The van der Waals surface area contributed by atoms with Gasteiger partial charge in [0, 0.05) is 5.75 Å². The summed E-state index contributed by atoms with van der Waals surface area (Å²) in [7, 11) is 0. The molecule has 1 amide bonds. The van der Waals surface area contributed by atoms with Gasteiger partial charge in [-0.15, -0.1) is 0 Å². The molecule has 70 valence electrons. The second-order valence-corrected chi connectivity index (χ2v) is 2.74. The van der Waals surface area contributed by atoms with E-state index in [-0.39, 0.29) is 5.75 Å². The number of nitrogens with one attached hydrogen (secondary N) is 1. The van der Waals surface area contributed by atoms with Crippen molar-refractivity contribution in [1.29, 1.82) is 0 Å². The topological polar surface area (TPSA) is 92.4 Å². The van der Waals surface area contributed by atoms with E-state index >= 15 is 0 Å². The summed E-state index contributed by atoms with van der Waals surface area (Å²) in [6.45, 7) is 1.48. The van der Waals surface area contributed by atoms with Gasteiger partial charge in [0.25, 0.3) is 0 Å². The molecule has 0 aromatic carbocycles. The fourth-order valence-corrected chi connectivity index (χ4v) is 0.736. The molecule has 0 aromatic rings. The van der Waals surface area contributed by atoms with Crippen molar-refractivity contribution in [1.82, 2.24) is 5.32 Å². The molecular formula is C6H12N2O3S. The minimum atomic E-state index is -1.11. The largest absolute Gasteiger partial charge is 0.480 e. The maximum absolute atomic E-state index is 10.9. The van der Waals surface area contributed by atoms with Gasteiger partial charge in [0.15, 0.2) is 0 Å². The Labute approximate surface area is 75.7 Å². The maximum atomic E-state index is 10.9. The van der Waals surface area contributed by atoms with Crippen LogP contribution in [0.1, 0.15) is 6.92 Å². The highest BCUT2D eigenvalue weighted by atomic mass is 32.1. The molecule has 6 heteroatoms. The number of hydrogen-bond acceptors (Lipinski definition) is 4. The van der Waals surface area contributed by atoms with Crippen LogP contribution < -0.4 is 11.1 Å². The Morgan fingerprint density at radius 3 is 2.42 bits per heavy atom. The third-order valence-corrected chi connectivity index (χ3v) is 1.58. The summed E-state index contributed by atoms with van der Waals surface area (Å²) >= 11 is 3.76. The highest BCUT2D eigenvalue weighted by molar-refractivity contribution is 7.80. The third kappa shape index (κ3) is 3.59. The van der Waals surface area contributed by atoms with Crippen LogP contribution in [0.3, 0.4) is 0 Å². The number of carboxylic acid groups (broad SMARTS) is 1. The zero-order valence-corrected chi connectivity index (χ0v) is 7.54. The molecule has 2 atom stereocenters. The van der Waals surface area contributed by atoms with Crippen LogP contribution in [0.2, 0.25) is 0 Å². The van der Waals surface area contributed by atoms with E-state index in [4.69, 9.17) is 10.8 Å². The molecule has 0 saturated carbocycles. The Balaban J connectivity index is 4.03. The van der Waals surface area contributed by atoms with Crippen LogP contribution in [-0.4, -0.2) is 34.8 Å². The lowest BCUT2D eigenvalue weighted by Gasteiger charge is -2.13. The highest BCUT2D eigenvalue weighted by Gasteiger charge is 2.19. The molecule has 0 aromatic heterocycles. The molecule has 0 saturated heterocycles. The van der Waals surface area contributed by atoms with Crippen LogP contribution >= 0.6 is 12.6 Å². The first kappa shape index (κ1) is 11.2. The predicted molar refractivity (Wildman–Crippen MR) is 47.1 cm³/mol. The van der Waals surface area contributed by atoms with Crippen molar-refractivity contribution >= 4 is 24.5 Å². The molecule has 0 spiro atoms. The number of thiol groups is 1. The van der Waals surface area contributed by atoms with E-state index in [2.05, 4.69) is 17.9 Å². The van der Waals surface area contributed by atoms with Gasteiger partial charge in [0.2, 0.25) is 5.91 Å². The van der Waals surface area contributed by atoms with Crippen molar-refractivity contribution < 1.29 is 14.7 Å². The lowest BCUT2D eigenvalue weighted by atomic mass is 10.3. The van der Waals surface area contributed by atoms with Crippen molar-refractivity contribution in [3.63, 3.8) is 0 Å². The molecule has 0 heterocycles. The van der Waals surface area contributed by atoms with Crippen LogP contribution in [0.4, 0.5) is 0 Å². The molecular weight excluding hydrogens is 180 g/mol. The number of aliphatic carboxylic acids is 1. The average molecular weight is 192 g/mol. The van der Waals surface area contributed by atoms with Gasteiger partial charge in [-0.2, -0.15) is 12.6 Å². The normalized spacial score (nSPS) is 14.9. The van der Waals surface area contributed by atoms with Crippen molar-refractivity contribution in [2.75, 3.05) is 5.75 Å². The zero-order valence-electron chi connectivity index (χ0n) is 6.65. The summed E-state index contributed by atoms with van der Waals surface area (Å²) < 4.78 is 0. The van der Waals surface area contributed by atoms with Gasteiger partial charge in [-0.05, 0) is 6.92 Å². The van der Waals surface area contributed by atoms with Gasteiger partial charge in [-0.3, -0.25) is 4.79 Å². The SMILES string of the molecule is C[C@@H](N)C(=O)N[C@@H](CS)C(=O)O. The first-order valence-corrected chi connectivity index (χ1v) is 4.02. The summed E-state index contributed by atoms with van der Waals surface area (Å²) in [6, 6.07) is -1.67. The number of amides is 1. The van der Waals surface area contributed by atoms with Crippen LogP contribution in [0.15, 0.2) is 0 Å². The number of carbonyl (C=O) groups excluding carboxylic acids is 1. The fraction of sp³-hybridized carbons (Fsp3) is 0.667. The summed E-state index contributed by atoms with van der Waals surface area (Å²) in [4.78, 5) is 21.3. The monoisotopic (exact) mass is 192 g/mol. The van der Waals surface area contributed by atoms with Crippen LogP contribution in [-0.2, 0) is 9.59 Å². The van der Waals surface area contributed by atoms with Gasteiger partial charge in [-0.25, -0.2) is 4.79 Å². The maximum Gasteiger partial charge on any atom is 0.327 e. The molecule has 4 N–H and O–H groups in total. The summed E-state index contributed by atoms with van der Waals surface area (Å²) in [6.07, 6.45) is 0. The lowest BCUT2D eigenvalue weighted by molar-refractivity contribution is -0.141. The zero-order chi connectivity index (χ0) is 9.72. The first-order valence-electron chi connectivity index (χ1n) is 3.38. The second-order valence-electron chi connectivity index (χ2n) is 2.37. The van der Waals surface area contributed by atoms with E-state index in [9.17, 15) is 9.59 Å². The van der Waals surface area contributed by atoms with Crippen LogP contribution in [0.25, 0.3) is 0 Å². The Kier molecular flexibility index (Phi) is 4.68. The van der Waals surface area contributed by atoms with E-state index in [1.165, 1.54) is 6.92 Å². The fourth-order valence-electron chi connectivity index (χ4n) is 0.489. The summed E-state index contributed by atoms with van der Waals surface area (Å²) in [5, 5.41) is 10.7. The van der Waals surface area contributed by atoms with E-state index in [1.54, 1.807) is 0 Å². The van der Waals surface area contributed by atoms with Gasteiger partial charge >= 0.3 is 5.97 Å². The number of carbonyl (C=O) groups is 2. The van der Waals surface area contributed by atoms with Crippen LogP contribution in [0.5, 0.6) is 0 Å². The molecule has 0 aliphatic carbocycles. The van der Waals surface area contributed by atoms with Crippen molar-refractivity contribution in [2.45, 2.75) is 19.0 Å². The Hall–Kier alpha value is -0.750. The molecule has 0 aliphatic heterocycles. The molecule has 0 radical (unpaired) electrons. The van der Waals surface area contributed by atoms with Gasteiger partial charge in [-0.1, -0.05) is 0 Å². The van der Waals surface area contributed by atoms with Gasteiger partial charge < -0.3 is 16.2 Å². The molecule has 0 fully saturated rings. The molecule has 0 aliphatic rings. The van der Waals surface area contributed by atoms with Crippen molar-refractivity contribution in [3.05, 3.63) is 0 Å². The minimum absolute atomic E-state index is 0.0494. The van der Waals surface area contributed by atoms with E-state index in [0.29, 0.717) is 0 Å². The number of hydrogen-bond donors (Lipinski definition) is 4. The summed E-state index contributed by atoms with van der Waals surface area (Å²) in [5.74, 6) is -1.55. The Morgan fingerprint density at radius 1 is 1.67 bits per heavy atom. The molecule has 5 nitrogen and oxygen atoms in total. The molecule has 0 unspecified atom stereocenters. The lowest BCUT2D eigenvalue weighted by Crippen LogP contribution is -2.48. The smallest absolute Gasteiger partial charge is 0.327 e. The van der Waals surface area contributed by atoms with Crippen LogP contribution in [0, 0.1) is 0 Å². The highest BCUT2D eigenvalue weighted by Crippen LogP contribution is 1.89. The van der Waals surface area contributed by atoms with Crippen molar-refractivity contribution in [2.24, 2.45) is 5.73 Å². The van der Waals surface area contributed by atoms with Crippen molar-refractivity contribution in [3.8, 4) is 0 Å². The first-order chi connectivity index (χ1) is 5.49. The van der Waals surface area contributed by atoms with E-state index in [0.717, 1.165) is 0 Å². The molecule has 0 rings (SSSR count). The third-order valence-electron chi connectivity index (χ3n) is 1.21. The number of nitrogens with two attached hydrogens (primary N) is 1. The Morgan fingerprint density at radius 2 is 2.17 bits per heavy atom. The predicted octanol–water partition coefficient (Wildman–Crippen LogP) is -1.17. The number of rotatable bonds is 4. The van der Waals surface area contributed by atoms with Gasteiger partial charge in [0.1, 0.15) is 6.04 Å². The Bertz CT molecular complexity index is 184. The quantitative estimate of drug-likeness (QED) is 0.422. The summed E-state index contributed by atoms with van der Waals surface area (Å²) in [5.41, 5.74) is 5.21. The molecule has 12 heavy (non-hydrogen) atoms. The van der Waals surface area contributed by atoms with Gasteiger partial charge in [0.05, 0.1) is 6.04 Å². The standard InChI is InChI=1S/C6H12N2O3S/c1-3(7)5(9)8-4(2-12)6(10)11/h3-4,12H,2,7H2,1H3,(H,8,9)(H,10,11)/t3-,4+/m1/s1. The average Bonchev–Trinajstić information content (AvgIpc) is 1.98. The second kappa shape index (κ2) is 5.00. The molecule has 0 bridgehead atoms. The van der Waals surface area contributed by atoms with E-state index < -0.39 is 24.0 Å². The van der Waals surface area contributed by atoms with E-state index in [1.807, 2.05) is 0 Å². The minimum Gasteiger partial charge on any atom is -0.480 e.